The van der Waals surface area contributed by atoms with Crippen molar-refractivity contribution in [2.24, 2.45) is 0 Å². The van der Waals surface area contributed by atoms with E-state index in [1.807, 2.05) is 0 Å². The van der Waals surface area contributed by atoms with Gasteiger partial charge in [0, 0.05) is 25.6 Å². The van der Waals surface area contributed by atoms with Crippen LogP contribution in [0.1, 0.15) is 45.4 Å². The molecule has 1 N–H and O–H groups in total. The zero-order valence-corrected chi connectivity index (χ0v) is 12.5. The maximum Gasteiger partial charge on any atom is 0.222 e. The normalized spacial score (nSPS) is 21.5. The molecule has 1 aliphatic rings. The molecule has 5 nitrogen and oxygen atoms in total. The predicted molar refractivity (Wildman–Crippen MR) is 74.6 cm³/mol. The van der Waals surface area contributed by atoms with Gasteiger partial charge < -0.3 is 10.0 Å². The van der Waals surface area contributed by atoms with Gasteiger partial charge >= 0.3 is 0 Å². The highest BCUT2D eigenvalue weighted by molar-refractivity contribution is 7.91. The van der Waals surface area contributed by atoms with Crippen molar-refractivity contribution in [2.75, 3.05) is 24.7 Å². The summed E-state index contributed by atoms with van der Waals surface area (Å²) >= 11 is 0. The van der Waals surface area contributed by atoms with Gasteiger partial charge in [-0.05, 0) is 25.7 Å². The lowest BCUT2D eigenvalue weighted by molar-refractivity contribution is -0.133. The van der Waals surface area contributed by atoms with Gasteiger partial charge in [-0.3, -0.25) is 4.79 Å². The number of hydrogen-bond donors (Lipinski definition) is 1. The minimum absolute atomic E-state index is 0.0315. The minimum atomic E-state index is -2.96. The summed E-state index contributed by atoms with van der Waals surface area (Å²) in [5, 5.41) is 8.74. The summed E-state index contributed by atoms with van der Waals surface area (Å²) in [5.41, 5.74) is 0. The monoisotopic (exact) mass is 291 g/mol. The molecule has 0 aromatic carbocycles. The number of unbranched alkanes of at least 4 members (excludes halogenated alkanes) is 2. The molecule has 1 unspecified atom stereocenters. The quantitative estimate of drug-likeness (QED) is 0.676. The number of carbonyl (C=O) groups is 1. The van der Waals surface area contributed by atoms with E-state index in [0.29, 0.717) is 32.2 Å². The number of amides is 1. The van der Waals surface area contributed by atoms with Crippen molar-refractivity contribution in [1.82, 2.24) is 4.90 Å². The van der Waals surface area contributed by atoms with Gasteiger partial charge in [0.2, 0.25) is 5.91 Å². The van der Waals surface area contributed by atoms with E-state index in [9.17, 15) is 13.2 Å². The van der Waals surface area contributed by atoms with Crippen LogP contribution in [-0.4, -0.2) is 55.0 Å². The van der Waals surface area contributed by atoms with Crippen LogP contribution in [0.2, 0.25) is 0 Å². The molecule has 0 radical (unpaired) electrons. The van der Waals surface area contributed by atoms with Crippen molar-refractivity contribution in [3.05, 3.63) is 0 Å². The topological polar surface area (TPSA) is 74.7 Å². The van der Waals surface area contributed by atoms with Crippen molar-refractivity contribution in [1.29, 1.82) is 0 Å². The van der Waals surface area contributed by atoms with E-state index in [2.05, 4.69) is 6.92 Å². The molecule has 0 aliphatic carbocycles. The van der Waals surface area contributed by atoms with Crippen molar-refractivity contribution < 1.29 is 18.3 Å². The molecule has 0 saturated carbocycles. The van der Waals surface area contributed by atoms with Crippen molar-refractivity contribution in [3.8, 4) is 0 Å². The molecule has 112 valence electrons. The highest BCUT2D eigenvalue weighted by Crippen LogP contribution is 2.19. The second-order valence-corrected chi connectivity index (χ2v) is 7.41. The zero-order chi connectivity index (χ0) is 14.3. The number of sulfone groups is 1. The molecule has 1 aliphatic heterocycles. The molecule has 1 saturated heterocycles. The van der Waals surface area contributed by atoms with E-state index in [-0.39, 0.29) is 30.1 Å². The highest BCUT2D eigenvalue weighted by atomic mass is 32.2. The number of aliphatic hydroxyl groups excluding tert-OH is 1. The Labute approximate surface area is 115 Å². The molecular formula is C13H25NO4S. The van der Waals surface area contributed by atoms with Crippen LogP contribution < -0.4 is 0 Å². The van der Waals surface area contributed by atoms with Crippen LogP contribution in [0.5, 0.6) is 0 Å². The summed E-state index contributed by atoms with van der Waals surface area (Å²) in [6.45, 7) is 2.80. The second-order valence-electron chi connectivity index (χ2n) is 5.18. The van der Waals surface area contributed by atoms with Crippen LogP contribution in [0.4, 0.5) is 0 Å². The number of aliphatic hydroxyl groups is 1. The molecule has 0 aromatic rings. The third-order valence-electron chi connectivity index (χ3n) is 3.52. The van der Waals surface area contributed by atoms with E-state index in [1.54, 1.807) is 4.90 Å². The second kappa shape index (κ2) is 7.85. The average Bonchev–Trinajstić information content (AvgIpc) is 2.70. The first-order valence-corrected chi connectivity index (χ1v) is 8.93. The Bertz CT molecular complexity index is 380. The summed E-state index contributed by atoms with van der Waals surface area (Å²) in [6.07, 6.45) is 4.15. The smallest absolute Gasteiger partial charge is 0.222 e. The van der Waals surface area contributed by atoms with Crippen LogP contribution in [0.15, 0.2) is 0 Å². The fraction of sp³-hybridized carbons (Fsp3) is 0.923. The van der Waals surface area contributed by atoms with Crippen LogP contribution in [-0.2, 0) is 14.6 Å². The van der Waals surface area contributed by atoms with Gasteiger partial charge in [-0.25, -0.2) is 8.42 Å². The summed E-state index contributed by atoms with van der Waals surface area (Å²) in [4.78, 5) is 13.9. The zero-order valence-electron chi connectivity index (χ0n) is 11.7. The van der Waals surface area contributed by atoms with E-state index in [1.165, 1.54) is 0 Å². The number of carbonyl (C=O) groups excluding carboxylic acids is 1. The maximum absolute atomic E-state index is 12.2. The Balaban J connectivity index is 2.58. The fourth-order valence-corrected chi connectivity index (χ4v) is 4.12. The van der Waals surface area contributed by atoms with Crippen molar-refractivity contribution in [2.45, 2.75) is 51.5 Å². The fourth-order valence-electron chi connectivity index (χ4n) is 2.39. The van der Waals surface area contributed by atoms with Crippen LogP contribution >= 0.6 is 0 Å². The Hall–Kier alpha value is -0.620. The Morgan fingerprint density at radius 1 is 1.32 bits per heavy atom. The third-order valence-corrected chi connectivity index (χ3v) is 5.27. The Kier molecular flexibility index (Phi) is 6.79. The molecule has 1 heterocycles. The standard InChI is InChI=1S/C13H25NO4S/c1-2-3-8-14(13(16)6-4-5-9-15)12-7-10-19(17,18)11-12/h12,15H,2-11H2,1H3. The van der Waals surface area contributed by atoms with E-state index in [0.717, 1.165) is 12.8 Å². The largest absolute Gasteiger partial charge is 0.396 e. The molecule has 0 aromatic heterocycles. The van der Waals surface area contributed by atoms with Gasteiger partial charge in [-0.15, -0.1) is 0 Å². The molecule has 1 fully saturated rings. The van der Waals surface area contributed by atoms with Gasteiger partial charge in [0.1, 0.15) is 0 Å². The first-order chi connectivity index (χ1) is 9.00. The number of hydrogen-bond acceptors (Lipinski definition) is 4. The Morgan fingerprint density at radius 2 is 2.05 bits per heavy atom. The summed E-state index contributed by atoms with van der Waals surface area (Å²) in [7, 11) is -2.96. The lowest BCUT2D eigenvalue weighted by Crippen LogP contribution is -2.41. The van der Waals surface area contributed by atoms with Gasteiger partial charge in [-0.2, -0.15) is 0 Å². The van der Waals surface area contributed by atoms with Gasteiger partial charge in [0.05, 0.1) is 11.5 Å². The lowest BCUT2D eigenvalue weighted by Gasteiger charge is -2.28. The minimum Gasteiger partial charge on any atom is -0.396 e. The highest BCUT2D eigenvalue weighted by Gasteiger charge is 2.33. The van der Waals surface area contributed by atoms with E-state index < -0.39 is 9.84 Å². The Morgan fingerprint density at radius 3 is 2.58 bits per heavy atom. The predicted octanol–water partition coefficient (Wildman–Crippen LogP) is 0.965. The van der Waals surface area contributed by atoms with Crippen LogP contribution in [0.25, 0.3) is 0 Å². The SMILES string of the molecule is CCCCN(C(=O)CCCCO)C1CCS(=O)(=O)C1. The maximum atomic E-state index is 12.2. The first kappa shape index (κ1) is 16.4. The van der Waals surface area contributed by atoms with E-state index in [4.69, 9.17) is 5.11 Å². The number of rotatable bonds is 8. The average molecular weight is 291 g/mol. The van der Waals surface area contributed by atoms with Gasteiger partial charge in [0.25, 0.3) is 0 Å². The van der Waals surface area contributed by atoms with Crippen molar-refractivity contribution in [3.63, 3.8) is 0 Å². The summed E-state index contributed by atoms with van der Waals surface area (Å²) in [5.74, 6) is 0.344. The molecule has 1 rings (SSSR count). The lowest BCUT2D eigenvalue weighted by atomic mass is 10.1. The van der Waals surface area contributed by atoms with Crippen molar-refractivity contribution >= 4 is 15.7 Å². The molecule has 0 spiro atoms. The molecule has 0 bridgehead atoms. The molecule has 1 atom stereocenters. The van der Waals surface area contributed by atoms with Gasteiger partial charge in [-0.1, -0.05) is 13.3 Å². The van der Waals surface area contributed by atoms with E-state index >= 15 is 0 Å². The van der Waals surface area contributed by atoms with Crippen LogP contribution in [0, 0.1) is 0 Å². The molecule has 6 heteroatoms. The summed E-state index contributed by atoms with van der Waals surface area (Å²) in [6, 6.07) is -0.141. The van der Waals surface area contributed by atoms with Gasteiger partial charge in [0.15, 0.2) is 9.84 Å². The summed E-state index contributed by atoms with van der Waals surface area (Å²) < 4.78 is 23.1. The molecular weight excluding hydrogens is 266 g/mol. The third kappa shape index (κ3) is 5.48. The molecule has 19 heavy (non-hydrogen) atoms. The first-order valence-electron chi connectivity index (χ1n) is 7.11. The van der Waals surface area contributed by atoms with Crippen LogP contribution in [0.3, 0.4) is 0 Å². The molecule has 1 amide bonds. The number of nitrogens with zero attached hydrogens (tertiary/aromatic N) is 1.